The molecule has 1 aliphatic rings. The van der Waals surface area contributed by atoms with Crippen LogP contribution in [0.25, 0.3) is 0 Å². The fraction of sp³-hybridized carbons (Fsp3) is 0.412. The van der Waals surface area contributed by atoms with E-state index in [1.165, 1.54) is 0 Å². The van der Waals surface area contributed by atoms with Crippen molar-refractivity contribution >= 4 is 29.3 Å². The summed E-state index contributed by atoms with van der Waals surface area (Å²) in [6.45, 7) is 1.96. The Labute approximate surface area is 158 Å². The minimum atomic E-state index is -0.720. The second-order valence-corrected chi connectivity index (χ2v) is 7.66. The van der Waals surface area contributed by atoms with E-state index < -0.39 is 28.7 Å². The number of aromatic nitrogens is 3. The Morgan fingerprint density at radius 2 is 2.11 bits per heavy atom. The Morgan fingerprint density at radius 1 is 1.37 bits per heavy atom. The normalized spacial score (nSPS) is 14.8. The third-order valence-corrected chi connectivity index (χ3v) is 5.19. The predicted molar refractivity (Wildman–Crippen MR) is 96.1 cm³/mol. The first-order chi connectivity index (χ1) is 12.8. The number of halogens is 2. The summed E-state index contributed by atoms with van der Waals surface area (Å²) in [7, 11) is 0. The lowest BCUT2D eigenvalue weighted by Gasteiger charge is -2.13. The van der Waals surface area contributed by atoms with Gasteiger partial charge in [-0.15, -0.1) is 10.2 Å². The number of hydrogen-bond donors (Lipinski definition) is 2. The second-order valence-electron chi connectivity index (χ2n) is 6.36. The molecule has 144 valence electrons. The van der Waals surface area contributed by atoms with Gasteiger partial charge in [-0.25, -0.2) is 8.78 Å². The predicted octanol–water partition coefficient (Wildman–Crippen LogP) is 2.43. The number of thioether (sulfide) groups is 1. The van der Waals surface area contributed by atoms with Crippen molar-refractivity contribution in [2.75, 3.05) is 5.32 Å². The van der Waals surface area contributed by atoms with Gasteiger partial charge < -0.3 is 15.6 Å². The highest BCUT2D eigenvalue weighted by Crippen LogP contribution is 2.40. The van der Waals surface area contributed by atoms with E-state index in [1.807, 2.05) is 0 Å². The molecule has 10 heteroatoms. The SMILES string of the molecule is CC(Sc1nnc(C2CC2)n1CCC(N)=O)C(=O)Nc1cc(F)ccc1F. The first-order valence-corrected chi connectivity index (χ1v) is 9.37. The standard InChI is InChI=1S/C17H19F2N5O2S/c1-9(16(26)21-13-8-11(18)4-5-12(13)19)27-17-23-22-15(10-2-3-10)24(17)7-6-14(20)25/h4-5,8-10H,2-3,6-7H2,1H3,(H2,20,25)(H,21,26). The lowest BCUT2D eigenvalue weighted by Crippen LogP contribution is -2.24. The van der Waals surface area contributed by atoms with Crippen LogP contribution in [0, 0.1) is 11.6 Å². The molecular formula is C17H19F2N5O2S. The average molecular weight is 395 g/mol. The topological polar surface area (TPSA) is 103 Å². The quantitative estimate of drug-likeness (QED) is 0.668. The van der Waals surface area contributed by atoms with Gasteiger partial charge in [-0.1, -0.05) is 11.8 Å². The number of hydrogen-bond acceptors (Lipinski definition) is 5. The Hall–Kier alpha value is -2.49. The molecule has 1 saturated carbocycles. The zero-order valence-electron chi connectivity index (χ0n) is 14.6. The third-order valence-electron chi connectivity index (χ3n) is 4.11. The van der Waals surface area contributed by atoms with E-state index in [0.717, 1.165) is 48.6 Å². The summed E-state index contributed by atoms with van der Waals surface area (Å²) >= 11 is 1.13. The van der Waals surface area contributed by atoms with Crippen molar-refractivity contribution in [2.45, 2.75) is 49.1 Å². The van der Waals surface area contributed by atoms with Crippen LogP contribution in [0.3, 0.4) is 0 Å². The Balaban J connectivity index is 1.71. The van der Waals surface area contributed by atoms with Crippen LogP contribution in [0.2, 0.25) is 0 Å². The van der Waals surface area contributed by atoms with Crippen molar-refractivity contribution in [2.24, 2.45) is 5.73 Å². The van der Waals surface area contributed by atoms with Crippen LogP contribution in [0.15, 0.2) is 23.4 Å². The molecular weight excluding hydrogens is 376 g/mol. The van der Waals surface area contributed by atoms with Gasteiger partial charge in [-0.2, -0.15) is 0 Å². The average Bonchev–Trinajstić information content (AvgIpc) is 3.38. The molecule has 1 aliphatic carbocycles. The summed E-state index contributed by atoms with van der Waals surface area (Å²) in [6, 6.07) is 2.85. The van der Waals surface area contributed by atoms with Crippen molar-refractivity contribution in [1.29, 1.82) is 0 Å². The fourth-order valence-electron chi connectivity index (χ4n) is 2.50. The van der Waals surface area contributed by atoms with Gasteiger partial charge >= 0.3 is 0 Å². The third kappa shape index (κ3) is 4.82. The van der Waals surface area contributed by atoms with Crippen LogP contribution >= 0.6 is 11.8 Å². The molecule has 2 amide bonds. The number of carbonyl (C=O) groups excluding carboxylic acids is 2. The molecule has 3 rings (SSSR count). The van der Waals surface area contributed by atoms with Crippen LogP contribution in [-0.4, -0.2) is 31.8 Å². The maximum Gasteiger partial charge on any atom is 0.237 e. The van der Waals surface area contributed by atoms with E-state index >= 15 is 0 Å². The number of amides is 2. The largest absolute Gasteiger partial charge is 0.370 e. The number of nitrogens with zero attached hydrogens (tertiary/aromatic N) is 3. The number of nitrogens with two attached hydrogens (primary N) is 1. The number of rotatable bonds is 8. The molecule has 1 aromatic carbocycles. The van der Waals surface area contributed by atoms with E-state index in [1.54, 1.807) is 11.5 Å². The lowest BCUT2D eigenvalue weighted by atomic mass is 10.3. The summed E-state index contributed by atoms with van der Waals surface area (Å²) in [4.78, 5) is 23.5. The van der Waals surface area contributed by atoms with Gasteiger partial charge in [-0.3, -0.25) is 9.59 Å². The summed E-state index contributed by atoms with van der Waals surface area (Å²) in [5.41, 5.74) is 5.01. The second kappa shape index (κ2) is 8.03. The Morgan fingerprint density at radius 3 is 2.78 bits per heavy atom. The number of nitrogens with one attached hydrogen (secondary N) is 1. The zero-order chi connectivity index (χ0) is 19.6. The van der Waals surface area contributed by atoms with Gasteiger partial charge in [0.25, 0.3) is 0 Å². The molecule has 1 heterocycles. The van der Waals surface area contributed by atoms with E-state index in [9.17, 15) is 18.4 Å². The molecule has 0 aliphatic heterocycles. The van der Waals surface area contributed by atoms with Crippen LogP contribution < -0.4 is 11.1 Å². The molecule has 27 heavy (non-hydrogen) atoms. The number of carbonyl (C=O) groups is 2. The Kier molecular flexibility index (Phi) is 5.73. The van der Waals surface area contributed by atoms with Gasteiger partial charge in [-0.05, 0) is 31.9 Å². The molecule has 7 nitrogen and oxygen atoms in total. The molecule has 1 atom stereocenters. The summed E-state index contributed by atoms with van der Waals surface area (Å²) in [5.74, 6) is -1.21. The molecule has 0 bridgehead atoms. The van der Waals surface area contributed by atoms with Crippen LogP contribution in [0.1, 0.15) is 37.9 Å². The molecule has 0 radical (unpaired) electrons. The molecule has 2 aromatic rings. The highest BCUT2D eigenvalue weighted by atomic mass is 32.2. The van der Waals surface area contributed by atoms with Gasteiger partial charge in [0.1, 0.15) is 17.5 Å². The van der Waals surface area contributed by atoms with E-state index in [-0.39, 0.29) is 12.1 Å². The maximum absolute atomic E-state index is 13.7. The highest BCUT2D eigenvalue weighted by Gasteiger charge is 2.31. The maximum atomic E-state index is 13.7. The first kappa shape index (κ1) is 19.3. The van der Waals surface area contributed by atoms with Gasteiger partial charge in [0, 0.05) is 24.9 Å². The summed E-state index contributed by atoms with van der Waals surface area (Å²) in [6.07, 6.45) is 2.16. The Bertz CT molecular complexity index is 869. The van der Waals surface area contributed by atoms with Gasteiger partial charge in [0.15, 0.2) is 5.16 Å². The van der Waals surface area contributed by atoms with Crippen LogP contribution in [0.4, 0.5) is 14.5 Å². The molecule has 1 aromatic heterocycles. The van der Waals surface area contributed by atoms with Crippen molar-refractivity contribution < 1.29 is 18.4 Å². The monoisotopic (exact) mass is 395 g/mol. The van der Waals surface area contributed by atoms with Crippen molar-refractivity contribution in [3.8, 4) is 0 Å². The van der Waals surface area contributed by atoms with Crippen molar-refractivity contribution in [1.82, 2.24) is 14.8 Å². The number of benzene rings is 1. The summed E-state index contributed by atoms with van der Waals surface area (Å²) < 4.78 is 28.8. The van der Waals surface area contributed by atoms with E-state index in [4.69, 9.17) is 5.73 Å². The molecule has 1 unspecified atom stereocenters. The smallest absolute Gasteiger partial charge is 0.237 e. The highest BCUT2D eigenvalue weighted by molar-refractivity contribution is 8.00. The van der Waals surface area contributed by atoms with E-state index in [0.29, 0.717) is 17.6 Å². The van der Waals surface area contributed by atoms with Gasteiger partial charge in [0.05, 0.1) is 10.9 Å². The minimum absolute atomic E-state index is 0.139. The van der Waals surface area contributed by atoms with Crippen LogP contribution in [-0.2, 0) is 16.1 Å². The van der Waals surface area contributed by atoms with E-state index in [2.05, 4.69) is 15.5 Å². The zero-order valence-corrected chi connectivity index (χ0v) is 15.4. The molecule has 0 spiro atoms. The molecule has 1 fully saturated rings. The van der Waals surface area contributed by atoms with Crippen molar-refractivity contribution in [3.63, 3.8) is 0 Å². The van der Waals surface area contributed by atoms with Crippen LogP contribution in [0.5, 0.6) is 0 Å². The number of anilines is 1. The number of primary amides is 1. The molecule has 0 saturated heterocycles. The minimum Gasteiger partial charge on any atom is -0.370 e. The first-order valence-electron chi connectivity index (χ1n) is 8.49. The fourth-order valence-corrected chi connectivity index (χ4v) is 3.38. The van der Waals surface area contributed by atoms with Gasteiger partial charge in [0.2, 0.25) is 11.8 Å². The van der Waals surface area contributed by atoms with Crippen molar-refractivity contribution in [3.05, 3.63) is 35.7 Å². The molecule has 3 N–H and O–H groups in total. The lowest BCUT2D eigenvalue weighted by molar-refractivity contribution is -0.118. The summed E-state index contributed by atoms with van der Waals surface area (Å²) in [5, 5.41) is 10.5.